The predicted octanol–water partition coefficient (Wildman–Crippen LogP) is 4.76. The molecule has 1 aromatic rings. The summed E-state index contributed by atoms with van der Waals surface area (Å²) in [5.41, 5.74) is -1.51. The highest BCUT2D eigenvalue weighted by Gasteiger charge is 2.34. The van der Waals surface area contributed by atoms with Crippen LogP contribution in [0.25, 0.3) is 0 Å². The molecule has 1 fully saturated rings. The van der Waals surface area contributed by atoms with Crippen molar-refractivity contribution in [3.8, 4) is 0 Å². The van der Waals surface area contributed by atoms with Crippen molar-refractivity contribution >= 4 is 23.5 Å². The minimum Gasteiger partial charge on any atom is -0.352 e. The van der Waals surface area contributed by atoms with Crippen LogP contribution in [0.4, 0.5) is 23.7 Å². The van der Waals surface area contributed by atoms with Gasteiger partial charge in [0.1, 0.15) is 0 Å². The summed E-state index contributed by atoms with van der Waals surface area (Å²) in [6.45, 7) is 9.48. The number of nitrogens with one attached hydrogen (secondary N) is 4. The molecule has 214 valence electrons. The molecule has 0 unspecified atom stereocenters. The molecule has 4 N–H and O–H groups in total. The minimum atomic E-state index is -4.68. The lowest BCUT2D eigenvalue weighted by atomic mass is 9.78. The van der Waals surface area contributed by atoms with E-state index in [0.717, 1.165) is 44.2 Å². The average molecular weight is 542 g/mol. The highest BCUT2D eigenvalue weighted by molar-refractivity contribution is 6.04. The number of rotatable bonds is 10. The normalized spacial score (nSPS) is 19.9. The number of nitrogens with zero attached hydrogens (tertiary/aromatic N) is 1. The van der Waals surface area contributed by atoms with Crippen LogP contribution < -0.4 is 21.3 Å². The summed E-state index contributed by atoms with van der Waals surface area (Å²) < 4.78 is 39.9. The number of halogens is 3. The Morgan fingerprint density at radius 1 is 1.11 bits per heavy atom. The van der Waals surface area contributed by atoms with Crippen LogP contribution in [0.15, 0.2) is 18.2 Å². The Hall–Kier alpha value is -2.82. The highest BCUT2D eigenvalue weighted by atomic mass is 19.4. The maximum Gasteiger partial charge on any atom is 0.416 e. The smallest absolute Gasteiger partial charge is 0.352 e. The van der Waals surface area contributed by atoms with Gasteiger partial charge in [0.2, 0.25) is 5.91 Å². The second-order valence-corrected chi connectivity index (χ2v) is 10.6. The van der Waals surface area contributed by atoms with E-state index in [4.69, 9.17) is 0 Å². The van der Waals surface area contributed by atoms with Gasteiger partial charge in [-0.05, 0) is 84.5 Å². The molecule has 4 amide bonds. The molecule has 11 heteroatoms. The molecule has 0 aliphatic heterocycles. The fourth-order valence-electron chi connectivity index (χ4n) is 4.86. The van der Waals surface area contributed by atoms with E-state index in [1.54, 1.807) is 13.8 Å². The molecule has 1 aliphatic carbocycles. The number of hydrogen-bond acceptors (Lipinski definition) is 4. The predicted molar refractivity (Wildman–Crippen MR) is 142 cm³/mol. The minimum absolute atomic E-state index is 0.0262. The van der Waals surface area contributed by atoms with E-state index in [1.807, 2.05) is 0 Å². The van der Waals surface area contributed by atoms with Crippen LogP contribution in [0.1, 0.15) is 82.6 Å². The first-order chi connectivity index (χ1) is 17.7. The molecule has 0 radical (unpaired) electrons. The number of benzene rings is 1. The fraction of sp³-hybridized carbons (Fsp3) is 0.667. The fourth-order valence-corrected chi connectivity index (χ4v) is 4.86. The van der Waals surface area contributed by atoms with Crippen LogP contribution in [-0.2, 0) is 11.0 Å². The molecule has 0 saturated heterocycles. The summed E-state index contributed by atoms with van der Waals surface area (Å²) in [6, 6.07) is 2.45. The van der Waals surface area contributed by atoms with Gasteiger partial charge in [-0.15, -0.1) is 0 Å². The third kappa shape index (κ3) is 9.18. The monoisotopic (exact) mass is 541 g/mol. The summed E-state index contributed by atoms with van der Waals surface area (Å²) in [7, 11) is 2.12. The molecule has 38 heavy (non-hydrogen) atoms. The van der Waals surface area contributed by atoms with Crippen molar-refractivity contribution in [1.29, 1.82) is 0 Å². The SMILES string of the molecule is CCC[C@H]1C[C@@H](N(C)C(C)C)CC[C@@H]1NC(=O)CNC(=O)c1cc(C(F)(F)F)ccc1NC(=O)NC(C)C. The quantitative estimate of drug-likeness (QED) is 0.343. The first-order valence-electron chi connectivity index (χ1n) is 13.3. The Morgan fingerprint density at radius 3 is 2.37 bits per heavy atom. The Balaban J connectivity index is 2.08. The summed E-state index contributed by atoms with van der Waals surface area (Å²) in [5.74, 6) is -0.990. The van der Waals surface area contributed by atoms with E-state index in [-0.39, 0.29) is 23.3 Å². The van der Waals surface area contributed by atoms with Gasteiger partial charge >= 0.3 is 12.2 Å². The third-order valence-electron chi connectivity index (χ3n) is 7.02. The van der Waals surface area contributed by atoms with Crippen molar-refractivity contribution in [2.24, 2.45) is 5.92 Å². The van der Waals surface area contributed by atoms with Crippen LogP contribution in [0.3, 0.4) is 0 Å². The second kappa shape index (κ2) is 13.8. The molecule has 1 saturated carbocycles. The number of carbonyl (C=O) groups is 3. The van der Waals surface area contributed by atoms with Gasteiger partial charge in [0, 0.05) is 24.2 Å². The maximum absolute atomic E-state index is 13.3. The van der Waals surface area contributed by atoms with E-state index >= 15 is 0 Å². The van der Waals surface area contributed by atoms with E-state index in [2.05, 4.69) is 54.0 Å². The number of urea groups is 1. The van der Waals surface area contributed by atoms with Crippen LogP contribution in [-0.4, -0.2) is 60.5 Å². The van der Waals surface area contributed by atoms with Gasteiger partial charge < -0.3 is 26.2 Å². The molecular weight excluding hydrogens is 499 g/mol. The summed E-state index contributed by atoms with van der Waals surface area (Å²) in [5, 5.41) is 10.4. The molecule has 0 aromatic heterocycles. The topological polar surface area (TPSA) is 103 Å². The van der Waals surface area contributed by atoms with Crippen LogP contribution in [0.2, 0.25) is 0 Å². The average Bonchev–Trinajstić information content (AvgIpc) is 2.82. The van der Waals surface area contributed by atoms with Gasteiger partial charge in [0.05, 0.1) is 23.4 Å². The van der Waals surface area contributed by atoms with E-state index in [1.165, 1.54) is 0 Å². The van der Waals surface area contributed by atoms with Crippen molar-refractivity contribution in [3.63, 3.8) is 0 Å². The van der Waals surface area contributed by atoms with E-state index in [9.17, 15) is 27.6 Å². The molecule has 2 rings (SSSR count). The Labute approximate surface area is 223 Å². The van der Waals surface area contributed by atoms with Crippen LogP contribution >= 0.6 is 0 Å². The van der Waals surface area contributed by atoms with Crippen LogP contribution in [0, 0.1) is 5.92 Å². The number of alkyl halides is 3. The Bertz CT molecular complexity index is 968. The molecule has 1 aliphatic rings. The van der Waals surface area contributed by atoms with Gasteiger partial charge in [-0.3, -0.25) is 9.59 Å². The third-order valence-corrected chi connectivity index (χ3v) is 7.02. The Kier molecular flexibility index (Phi) is 11.4. The van der Waals surface area contributed by atoms with Gasteiger partial charge in [-0.2, -0.15) is 13.2 Å². The van der Waals surface area contributed by atoms with Gasteiger partial charge in [0.15, 0.2) is 0 Å². The van der Waals surface area contributed by atoms with Crippen molar-refractivity contribution in [2.45, 2.75) is 97.1 Å². The van der Waals surface area contributed by atoms with Gasteiger partial charge in [-0.25, -0.2) is 4.79 Å². The molecule has 0 spiro atoms. The lowest BCUT2D eigenvalue weighted by molar-refractivity contribution is -0.137. The van der Waals surface area contributed by atoms with E-state index < -0.39 is 36.1 Å². The molecule has 0 bridgehead atoms. The summed E-state index contributed by atoms with van der Waals surface area (Å²) >= 11 is 0. The molecule has 0 heterocycles. The molecule has 1 aromatic carbocycles. The largest absolute Gasteiger partial charge is 0.416 e. The second-order valence-electron chi connectivity index (χ2n) is 10.6. The standard InChI is InChI=1S/C27H42F3N5O3/c1-7-8-18-13-20(35(6)17(4)5)10-12-22(18)33-24(36)15-31-25(37)21-14-19(27(28,29)30)9-11-23(21)34-26(38)32-16(2)3/h9,11,14,16-18,20,22H,7-8,10,12-13,15H2,1-6H3,(H,31,37)(H,33,36)(H2,32,34,38)/t18-,20-,22-/m0/s1. The van der Waals surface area contributed by atoms with Gasteiger partial charge in [-0.1, -0.05) is 13.3 Å². The maximum atomic E-state index is 13.3. The molecule has 3 atom stereocenters. The van der Waals surface area contributed by atoms with Crippen molar-refractivity contribution in [2.75, 3.05) is 18.9 Å². The van der Waals surface area contributed by atoms with Crippen molar-refractivity contribution < 1.29 is 27.6 Å². The zero-order valence-corrected chi connectivity index (χ0v) is 23.2. The first kappa shape index (κ1) is 31.4. The molecule has 8 nitrogen and oxygen atoms in total. The summed E-state index contributed by atoms with van der Waals surface area (Å²) in [4.78, 5) is 40.1. The summed E-state index contributed by atoms with van der Waals surface area (Å²) in [6.07, 6.45) is 0.0150. The lowest BCUT2D eigenvalue weighted by Gasteiger charge is -2.41. The number of amides is 4. The first-order valence-corrected chi connectivity index (χ1v) is 13.3. The van der Waals surface area contributed by atoms with Crippen LogP contribution in [0.5, 0.6) is 0 Å². The van der Waals surface area contributed by atoms with Gasteiger partial charge in [0.25, 0.3) is 5.91 Å². The van der Waals surface area contributed by atoms with Crippen molar-refractivity contribution in [3.05, 3.63) is 29.3 Å². The number of hydrogen-bond donors (Lipinski definition) is 4. The highest BCUT2D eigenvalue weighted by Crippen LogP contribution is 2.33. The van der Waals surface area contributed by atoms with E-state index in [0.29, 0.717) is 24.1 Å². The number of anilines is 1. The number of carbonyl (C=O) groups excluding carboxylic acids is 3. The lowest BCUT2D eigenvalue weighted by Crippen LogP contribution is -2.51. The zero-order chi connectivity index (χ0) is 28.6. The zero-order valence-electron chi connectivity index (χ0n) is 23.2. The molecular formula is C27H42F3N5O3. The Morgan fingerprint density at radius 2 is 1.79 bits per heavy atom. The van der Waals surface area contributed by atoms with Crippen molar-refractivity contribution in [1.82, 2.24) is 20.9 Å².